The number of terminal acetylenes is 1. The van der Waals surface area contributed by atoms with E-state index in [-0.39, 0.29) is 17.8 Å². The number of rotatable bonds is 3. The number of benzene rings is 1. The van der Waals surface area contributed by atoms with E-state index < -0.39 is 17.8 Å². The third kappa shape index (κ3) is 3.22. The van der Waals surface area contributed by atoms with Crippen LogP contribution in [0, 0.1) is 18.2 Å². The first-order valence-corrected chi connectivity index (χ1v) is 4.94. The molecule has 0 fully saturated rings. The minimum absolute atomic E-state index is 0.0616. The molecular formula is C12H11FN2O3. The highest BCUT2D eigenvalue weighted by molar-refractivity contribution is 5.93. The smallest absolute Gasteiger partial charge is 0.335 e. The van der Waals surface area contributed by atoms with E-state index in [9.17, 15) is 14.0 Å². The summed E-state index contributed by atoms with van der Waals surface area (Å²) in [7, 11) is 1.44. The van der Waals surface area contributed by atoms with Gasteiger partial charge in [0.25, 0.3) is 0 Å². The fraction of sp³-hybridized carbons (Fsp3) is 0.167. The van der Waals surface area contributed by atoms with Crippen molar-refractivity contribution in [2.75, 3.05) is 18.9 Å². The van der Waals surface area contributed by atoms with Crippen LogP contribution in [0.4, 0.5) is 14.9 Å². The molecule has 18 heavy (non-hydrogen) atoms. The molecule has 94 valence electrons. The third-order valence-corrected chi connectivity index (χ3v) is 2.13. The summed E-state index contributed by atoms with van der Waals surface area (Å²) in [6.45, 7) is 0.0616. The molecule has 0 aliphatic carbocycles. The molecular weight excluding hydrogens is 239 g/mol. The van der Waals surface area contributed by atoms with E-state index in [2.05, 4.69) is 11.2 Å². The minimum Gasteiger partial charge on any atom is -0.478 e. The molecule has 0 saturated heterocycles. The minimum atomic E-state index is -1.21. The number of nitrogens with zero attached hydrogens (tertiary/aromatic N) is 1. The summed E-state index contributed by atoms with van der Waals surface area (Å²) >= 11 is 0. The second kappa shape index (κ2) is 5.68. The molecule has 0 spiro atoms. The van der Waals surface area contributed by atoms with Gasteiger partial charge in [-0.25, -0.2) is 14.0 Å². The van der Waals surface area contributed by atoms with Gasteiger partial charge in [-0.15, -0.1) is 6.42 Å². The van der Waals surface area contributed by atoms with Crippen LogP contribution in [0.1, 0.15) is 10.4 Å². The number of amides is 2. The average Bonchev–Trinajstić information content (AvgIpc) is 2.31. The van der Waals surface area contributed by atoms with Gasteiger partial charge in [-0.3, -0.25) is 0 Å². The van der Waals surface area contributed by atoms with Crippen LogP contribution in [0.5, 0.6) is 0 Å². The Bertz CT molecular complexity index is 523. The molecule has 0 aliphatic heterocycles. The highest BCUT2D eigenvalue weighted by Gasteiger charge is 2.13. The van der Waals surface area contributed by atoms with Crippen molar-refractivity contribution in [1.82, 2.24) is 4.90 Å². The maximum Gasteiger partial charge on any atom is 0.335 e. The van der Waals surface area contributed by atoms with Gasteiger partial charge in [0, 0.05) is 7.05 Å². The summed E-state index contributed by atoms with van der Waals surface area (Å²) in [6, 6.07) is 2.51. The molecule has 1 aromatic rings. The molecule has 0 bridgehead atoms. The number of halogens is 1. The Morgan fingerprint density at radius 1 is 1.56 bits per heavy atom. The summed E-state index contributed by atoms with van der Waals surface area (Å²) in [5.74, 6) is 0.330. The van der Waals surface area contributed by atoms with E-state index in [4.69, 9.17) is 11.5 Å². The maximum atomic E-state index is 13.4. The lowest BCUT2D eigenvalue weighted by molar-refractivity contribution is 0.0697. The van der Waals surface area contributed by atoms with Crippen LogP contribution in [0.25, 0.3) is 0 Å². The Hall–Kier alpha value is -2.55. The van der Waals surface area contributed by atoms with E-state index in [1.165, 1.54) is 7.05 Å². The van der Waals surface area contributed by atoms with Crippen molar-refractivity contribution >= 4 is 17.7 Å². The van der Waals surface area contributed by atoms with E-state index in [0.29, 0.717) is 0 Å². The molecule has 5 nitrogen and oxygen atoms in total. The molecule has 0 heterocycles. The number of urea groups is 1. The number of anilines is 1. The molecule has 0 aliphatic rings. The third-order valence-electron chi connectivity index (χ3n) is 2.13. The molecule has 0 aromatic heterocycles. The van der Waals surface area contributed by atoms with Gasteiger partial charge in [0.15, 0.2) is 0 Å². The average molecular weight is 250 g/mol. The zero-order valence-corrected chi connectivity index (χ0v) is 9.61. The van der Waals surface area contributed by atoms with Gasteiger partial charge in [-0.05, 0) is 18.2 Å². The van der Waals surface area contributed by atoms with Crippen molar-refractivity contribution in [2.45, 2.75) is 0 Å². The maximum absolute atomic E-state index is 13.4. The fourth-order valence-electron chi connectivity index (χ4n) is 1.17. The van der Waals surface area contributed by atoms with Gasteiger partial charge in [0.2, 0.25) is 0 Å². The lowest BCUT2D eigenvalue weighted by atomic mass is 10.2. The lowest BCUT2D eigenvalue weighted by Crippen LogP contribution is -2.31. The second-order valence-electron chi connectivity index (χ2n) is 3.49. The molecule has 2 amide bonds. The number of carboxylic acid groups (broad SMARTS) is 1. The number of carbonyl (C=O) groups excluding carboxylic acids is 1. The van der Waals surface area contributed by atoms with Crippen LogP contribution >= 0.6 is 0 Å². The largest absolute Gasteiger partial charge is 0.478 e. The second-order valence-corrected chi connectivity index (χ2v) is 3.49. The number of hydrogen-bond donors (Lipinski definition) is 2. The van der Waals surface area contributed by atoms with E-state index in [1.54, 1.807) is 0 Å². The monoisotopic (exact) mass is 250 g/mol. The van der Waals surface area contributed by atoms with Gasteiger partial charge in [-0.2, -0.15) is 0 Å². The van der Waals surface area contributed by atoms with Crippen molar-refractivity contribution in [1.29, 1.82) is 0 Å². The number of carbonyl (C=O) groups is 2. The Morgan fingerprint density at radius 3 is 2.78 bits per heavy atom. The van der Waals surface area contributed by atoms with Gasteiger partial charge < -0.3 is 15.3 Å². The van der Waals surface area contributed by atoms with Gasteiger partial charge in [0.05, 0.1) is 17.8 Å². The molecule has 2 N–H and O–H groups in total. The van der Waals surface area contributed by atoms with Crippen LogP contribution in [0.2, 0.25) is 0 Å². The lowest BCUT2D eigenvalue weighted by Gasteiger charge is -2.15. The zero-order valence-electron chi connectivity index (χ0n) is 9.61. The summed E-state index contributed by atoms with van der Waals surface area (Å²) < 4.78 is 13.4. The van der Waals surface area contributed by atoms with Crippen LogP contribution in [-0.2, 0) is 0 Å². The molecule has 0 unspecified atom stereocenters. The van der Waals surface area contributed by atoms with E-state index in [0.717, 1.165) is 23.1 Å². The topological polar surface area (TPSA) is 69.6 Å². The quantitative estimate of drug-likeness (QED) is 0.801. The van der Waals surface area contributed by atoms with Gasteiger partial charge in [-0.1, -0.05) is 5.92 Å². The highest BCUT2D eigenvalue weighted by atomic mass is 19.1. The predicted octanol–water partition coefficient (Wildman–Crippen LogP) is 1.62. The Morgan fingerprint density at radius 2 is 2.22 bits per heavy atom. The number of aromatic carboxylic acids is 1. The van der Waals surface area contributed by atoms with Crippen molar-refractivity contribution in [3.8, 4) is 12.3 Å². The SMILES string of the molecule is C#CCN(C)C(=O)Nc1cc(C(=O)O)ccc1F. The highest BCUT2D eigenvalue weighted by Crippen LogP contribution is 2.16. The molecule has 0 atom stereocenters. The van der Waals surface area contributed by atoms with Crippen molar-refractivity contribution < 1.29 is 19.1 Å². The van der Waals surface area contributed by atoms with Crippen molar-refractivity contribution in [3.05, 3.63) is 29.6 Å². The standard InChI is InChI=1S/C12H11FN2O3/c1-3-6-15(2)12(18)14-10-7-8(11(16)17)4-5-9(10)13/h1,4-5,7H,6H2,2H3,(H,14,18)(H,16,17). The summed E-state index contributed by atoms with van der Waals surface area (Å²) in [5.41, 5.74) is -0.324. The van der Waals surface area contributed by atoms with Crippen molar-refractivity contribution in [2.24, 2.45) is 0 Å². The number of hydrogen-bond acceptors (Lipinski definition) is 2. The summed E-state index contributed by atoms with van der Waals surface area (Å²) in [4.78, 5) is 23.4. The van der Waals surface area contributed by atoms with Gasteiger partial charge in [0.1, 0.15) is 5.82 Å². The molecule has 0 radical (unpaired) electrons. The summed E-state index contributed by atoms with van der Waals surface area (Å²) in [5, 5.41) is 11.0. The van der Waals surface area contributed by atoms with Gasteiger partial charge >= 0.3 is 12.0 Å². The molecule has 0 saturated carbocycles. The Labute approximate surface area is 103 Å². The molecule has 1 aromatic carbocycles. The van der Waals surface area contributed by atoms with Crippen LogP contribution in [-0.4, -0.2) is 35.6 Å². The number of nitrogens with one attached hydrogen (secondary N) is 1. The normalized spacial score (nSPS) is 9.39. The Balaban J connectivity index is 2.90. The van der Waals surface area contributed by atoms with E-state index >= 15 is 0 Å². The van der Waals surface area contributed by atoms with Crippen LogP contribution in [0.15, 0.2) is 18.2 Å². The fourth-order valence-corrected chi connectivity index (χ4v) is 1.17. The van der Waals surface area contributed by atoms with Crippen molar-refractivity contribution in [3.63, 3.8) is 0 Å². The van der Waals surface area contributed by atoms with E-state index in [1.807, 2.05) is 0 Å². The first-order valence-electron chi connectivity index (χ1n) is 4.94. The first-order chi connectivity index (χ1) is 8.45. The van der Waals surface area contributed by atoms with Crippen LogP contribution < -0.4 is 5.32 Å². The molecule has 1 rings (SSSR count). The predicted molar refractivity (Wildman–Crippen MR) is 63.8 cm³/mol. The summed E-state index contributed by atoms with van der Waals surface area (Å²) in [6.07, 6.45) is 5.03. The zero-order chi connectivity index (χ0) is 13.7. The first kappa shape index (κ1) is 13.5. The van der Waals surface area contributed by atoms with Crippen LogP contribution in [0.3, 0.4) is 0 Å². The molecule has 6 heteroatoms. The Kier molecular flexibility index (Phi) is 4.27. The number of carboxylic acids is 1.